The van der Waals surface area contributed by atoms with Crippen LogP contribution in [-0.4, -0.2) is 11.1 Å². The zero-order valence-electron chi connectivity index (χ0n) is 15.1. The molecule has 3 aromatic rings. The molecule has 144 valence electrons. The summed E-state index contributed by atoms with van der Waals surface area (Å²) in [5.74, 6) is -1.08. The summed E-state index contributed by atoms with van der Waals surface area (Å²) in [6.45, 7) is 0.148. The topological polar surface area (TPSA) is 70.3 Å². The molecule has 0 atom stereocenters. The normalized spacial score (nSPS) is 11.0. The van der Waals surface area contributed by atoms with Crippen molar-refractivity contribution in [1.29, 1.82) is 5.26 Å². The lowest BCUT2D eigenvalue weighted by Crippen LogP contribution is -2.00. The first-order chi connectivity index (χ1) is 14.0. The minimum absolute atomic E-state index is 0.148. The number of allylic oxidation sites excluding steroid dienone is 1. The summed E-state index contributed by atoms with van der Waals surface area (Å²) in [5.41, 5.74) is 1.88. The van der Waals surface area contributed by atoms with Gasteiger partial charge in [-0.05, 0) is 47.5 Å². The molecule has 0 bridgehead atoms. The number of hydrogen-bond acceptors (Lipinski definition) is 3. The third kappa shape index (κ3) is 5.01. The van der Waals surface area contributed by atoms with Crippen molar-refractivity contribution in [3.05, 3.63) is 99.8 Å². The van der Waals surface area contributed by atoms with Crippen LogP contribution in [0.25, 0.3) is 11.6 Å². The number of carboxylic acids is 1. The molecule has 0 aliphatic heterocycles. The van der Waals surface area contributed by atoms with Gasteiger partial charge in [-0.2, -0.15) is 5.26 Å². The van der Waals surface area contributed by atoms with Crippen molar-refractivity contribution in [3.8, 4) is 11.8 Å². The number of ether oxygens (including phenoxy) is 1. The maximum Gasteiger partial charge on any atom is 0.335 e. The summed E-state index contributed by atoms with van der Waals surface area (Å²) in [6, 6.07) is 19.4. The molecule has 0 unspecified atom stereocenters. The fourth-order valence-corrected chi connectivity index (χ4v) is 2.94. The Morgan fingerprint density at radius 3 is 2.62 bits per heavy atom. The molecule has 0 aliphatic carbocycles. The van der Waals surface area contributed by atoms with E-state index in [0.29, 0.717) is 21.9 Å². The number of aromatic carboxylic acids is 1. The largest absolute Gasteiger partial charge is 0.487 e. The molecule has 6 heteroatoms. The molecular weight excluding hydrogens is 393 g/mol. The van der Waals surface area contributed by atoms with Crippen LogP contribution in [0.4, 0.5) is 4.39 Å². The van der Waals surface area contributed by atoms with E-state index in [0.717, 1.165) is 0 Å². The Balaban J connectivity index is 1.78. The lowest BCUT2D eigenvalue weighted by atomic mass is 10.0. The molecule has 0 saturated carbocycles. The third-order valence-electron chi connectivity index (χ3n) is 4.12. The van der Waals surface area contributed by atoms with E-state index in [-0.39, 0.29) is 23.3 Å². The summed E-state index contributed by atoms with van der Waals surface area (Å²) in [4.78, 5) is 11.0. The minimum atomic E-state index is -1.01. The molecule has 1 N–H and O–H groups in total. The van der Waals surface area contributed by atoms with Gasteiger partial charge in [0.1, 0.15) is 18.2 Å². The van der Waals surface area contributed by atoms with Crippen molar-refractivity contribution in [1.82, 2.24) is 0 Å². The molecule has 0 aliphatic rings. The lowest BCUT2D eigenvalue weighted by Gasteiger charge is -2.09. The van der Waals surface area contributed by atoms with E-state index in [2.05, 4.69) is 0 Å². The molecule has 4 nitrogen and oxygen atoms in total. The van der Waals surface area contributed by atoms with Crippen LogP contribution in [0.15, 0.2) is 66.7 Å². The zero-order chi connectivity index (χ0) is 20.8. The Hall–Kier alpha value is -3.62. The smallest absolute Gasteiger partial charge is 0.335 e. The molecule has 0 radical (unpaired) electrons. The van der Waals surface area contributed by atoms with E-state index in [1.165, 1.54) is 24.3 Å². The van der Waals surface area contributed by atoms with Crippen LogP contribution in [0.3, 0.4) is 0 Å². The Morgan fingerprint density at radius 2 is 1.93 bits per heavy atom. The number of rotatable bonds is 6. The lowest BCUT2D eigenvalue weighted by molar-refractivity contribution is 0.0696. The monoisotopic (exact) mass is 407 g/mol. The van der Waals surface area contributed by atoms with E-state index in [9.17, 15) is 14.4 Å². The fourth-order valence-electron chi connectivity index (χ4n) is 2.70. The minimum Gasteiger partial charge on any atom is -0.487 e. The number of carbonyl (C=O) groups is 1. The summed E-state index contributed by atoms with van der Waals surface area (Å²) < 4.78 is 19.6. The van der Waals surface area contributed by atoms with Gasteiger partial charge in [-0.25, -0.2) is 9.18 Å². The Morgan fingerprint density at radius 1 is 1.14 bits per heavy atom. The first-order valence-electron chi connectivity index (χ1n) is 8.59. The molecule has 0 amide bonds. The second-order valence-electron chi connectivity index (χ2n) is 6.13. The van der Waals surface area contributed by atoms with Crippen LogP contribution in [0.5, 0.6) is 5.75 Å². The van der Waals surface area contributed by atoms with Crippen molar-refractivity contribution < 1.29 is 19.0 Å². The van der Waals surface area contributed by atoms with Crippen molar-refractivity contribution >= 4 is 29.2 Å². The van der Waals surface area contributed by atoms with Crippen molar-refractivity contribution in [2.75, 3.05) is 0 Å². The number of nitriles is 1. The van der Waals surface area contributed by atoms with E-state index >= 15 is 0 Å². The molecule has 0 heterocycles. The summed E-state index contributed by atoms with van der Waals surface area (Å²) in [5, 5.41) is 18.7. The Bertz CT molecular complexity index is 1130. The van der Waals surface area contributed by atoms with E-state index < -0.39 is 11.8 Å². The number of nitrogens with zero attached hydrogens (tertiary/aromatic N) is 1. The quantitative estimate of drug-likeness (QED) is 0.413. The molecule has 0 aromatic heterocycles. The number of carboxylic acid groups (broad SMARTS) is 1. The summed E-state index contributed by atoms with van der Waals surface area (Å²) >= 11 is 6.28. The highest BCUT2D eigenvalue weighted by Gasteiger charge is 2.09. The predicted octanol–water partition coefficient (Wildman–Crippen LogP) is 5.82. The number of benzene rings is 3. The summed E-state index contributed by atoms with van der Waals surface area (Å²) in [6.07, 6.45) is 1.55. The average Bonchev–Trinajstić information content (AvgIpc) is 2.72. The maximum absolute atomic E-state index is 13.9. The van der Waals surface area contributed by atoms with E-state index in [1.807, 2.05) is 6.07 Å². The van der Waals surface area contributed by atoms with Gasteiger partial charge in [-0.3, -0.25) is 0 Å². The first kappa shape index (κ1) is 20.1. The average molecular weight is 408 g/mol. The van der Waals surface area contributed by atoms with Gasteiger partial charge >= 0.3 is 5.97 Å². The predicted molar refractivity (Wildman–Crippen MR) is 109 cm³/mol. The van der Waals surface area contributed by atoms with Gasteiger partial charge in [-0.1, -0.05) is 48.0 Å². The third-order valence-corrected chi connectivity index (χ3v) is 4.42. The number of halogens is 2. The SMILES string of the molecule is N#CC(=Cc1ccc(OCc2cccc(C(=O)O)c2)c(Cl)c1)c1ccccc1F. The second kappa shape index (κ2) is 9.05. The number of hydrogen-bond donors (Lipinski definition) is 1. The van der Waals surface area contributed by atoms with Gasteiger partial charge in [0.15, 0.2) is 0 Å². The van der Waals surface area contributed by atoms with Crippen LogP contribution in [-0.2, 0) is 6.61 Å². The highest BCUT2D eigenvalue weighted by Crippen LogP contribution is 2.29. The van der Waals surface area contributed by atoms with Gasteiger partial charge in [0.25, 0.3) is 0 Å². The standard InChI is InChI=1S/C23H15ClFNO3/c24-20-12-15(10-18(13-26)19-6-1-2-7-21(19)25)8-9-22(20)29-14-16-4-3-5-17(11-16)23(27)28/h1-12H,14H2,(H,27,28). The molecule has 29 heavy (non-hydrogen) atoms. The van der Waals surface area contributed by atoms with Gasteiger partial charge < -0.3 is 9.84 Å². The van der Waals surface area contributed by atoms with E-state index in [1.54, 1.807) is 48.5 Å². The highest BCUT2D eigenvalue weighted by molar-refractivity contribution is 6.32. The van der Waals surface area contributed by atoms with Crippen molar-refractivity contribution in [3.63, 3.8) is 0 Å². The maximum atomic E-state index is 13.9. The van der Waals surface area contributed by atoms with Crippen LogP contribution >= 0.6 is 11.6 Å². The van der Waals surface area contributed by atoms with Gasteiger partial charge in [0, 0.05) is 5.56 Å². The molecule has 0 spiro atoms. The van der Waals surface area contributed by atoms with Crippen LogP contribution in [0, 0.1) is 17.1 Å². The molecule has 0 saturated heterocycles. The molecular formula is C23H15ClFNO3. The molecule has 3 aromatic carbocycles. The first-order valence-corrected chi connectivity index (χ1v) is 8.97. The molecule has 0 fully saturated rings. The van der Waals surface area contributed by atoms with Gasteiger partial charge in [-0.15, -0.1) is 0 Å². The Labute approximate surface area is 172 Å². The Kier molecular flexibility index (Phi) is 6.28. The second-order valence-corrected chi connectivity index (χ2v) is 6.54. The highest BCUT2D eigenvalue weighted by atomic mass is 35.5. The van der Waals surface area contributed by atoms with Crippen molar-refractivity contribution in [2.24, 2.45) is 0 Å². The fraction of sp³-hybridized carbons (Fsp3) is 0.0435. The zero-order valence-corrected chi connectivity index (χ0v) is 15.9. The van der Waals surface area contributed by atoms with E-state index in [4.69, 9.17) is 21.4 Å². The van der Waals surface area contributed by atoms with Crippen molar-refractivity contribution in [2.45, 2.75) is 6.61 Å². The van der Waals surface area contributed by atoms with Crippen LogP contribution in [0.2, 0.25) is 5.02 Å². The van der Waals surface area contributed by atoms with Crippen LogP contribution < -0.4 is 4.74 Å². The van der Waals surface area contributed by atoms with Crippen LogP contribution in [0.1, 0.15) is 27.0 Å². The van der Waals surface area contributed by atoms with Gasteiger partial charge in [0.05, 0.1) is 22.2 Å². The molecule has 3 rings (SSSR count). The van der Waals surface area contributed by atoms with Gasteiger partial charge in [0.2, 0.25) is 0 Å². The summed E-state index contributed by atoms with van der Waals surface area (Å²) in [7, 11) is 0.